The Labute approximate surface area is 135 Å². The average molecular weight is 333 g/mol. The van der Waals surface area contributed by atoms with E-state index < -0.39 is 9.84 Å². The van der Waals surface area contributed by atoms with Crippen molar-refractivity contribution in [3.05, 3.63) is 47.7 Å². The standard InChI is InChI=1S/C17H19NO4S/c1-12-3-8-16(22-12)13-4-6-14(7-5-13)17(19)18(2)15-9-10-23(20,21)11-15/h3-8,15H,9-11H2,1-2H3. The maximum absolute atomic E-state index is 12.5. The molecule has 6 heteroatoms. The Bertz CT molecular complexity index is 821. The van der Waals surface area contributed by atoms with E-state index in [9.17, 15) is 13.2 Å². The van der Waals surface area contributed by atoms with Crippen molar-refractivity contribution in [2.75, 3.05) is 18.6 Å². The molecule has 5 nitrogen and oxygen atoms in total. The Hall–Kier alpha value is -2.08. The van der Waals surface area contributed by atoms with Crippen molar-refractivity contribution in [1.82, 2.24) is 4.90 Å². The van der Waals surface area contributed by atoms with Crippen molar-refractivity contribution in [2.24, 2.45) is 0 Å². The fraction of sp³-hybridized carbons (Fsp3) is 0.353. The quantitative estimate of drug-likeness (QED) is 0.865. The Kier molecular flexibility index (Phi) is 4.02. The molecule has 1 aromatic heterocycles. The van der Waals surface area contributed by atoms with Gasteiger partial charge in [0.15, 0.2) is 9.84 Å². The van der Waals surface area contributed by atoms with Gasteiger partial charge in [0.25, 0.3) is 5.91 Å². The van der Waals surface area contributed by atoms with Crippen molar-refractivity contribution in [1.29, 1.82) is 0 Å². The smallest absolute Gasteiger partial charge is 0.253 e. The summed E-state index contributed by atoms with van der Waals surface area (Å²) in [6.07, 6.45) is 0.508. The van der Waals surface area contributed by atoms with E-state index in [-0.39, 0.29) is 23.5 Å². The number of amides is 1. The Balaban J connectivity index is 1.75. The van der Waals surface area contributed by atoms with E-state index in [1.165, 1.54) is 4.90 Å². The van der Waals surface area contributed by atoms with Gasteiger partial charge in [-0.05, 0) is 37.6 Å². The maximum atomic E-state index is 12.5. The first-order valence-electron chi connectivity index (χ1n) is 7.50. The van der Waals surface area contributed by atoms with Crippen LogP contribution in [-0.4, -0.2) is 43.8 Å². The zero-order chi connectivity index (χ0) is 16.6. The summed E-state index contributed by atoms with van der Waals surface area (Å²) in [6, 6.07) is 10.7. The molecule has 1 aromatic carbocycles. The summed E-state index contributed by atoms with van der Waals surface area (Å²) < 4.78 is 28.7. The molecule has 1 saturated heterocycles. The summed E-state index contributed by atoms with van der Waals surface area (Å²) >= 11 is 0. The van der Waals surface area contributed by atoms with Gasteiger partial charge in [-0.15, -0.1) is 0 Å². The van der Waals surface area contributed by atoms with Crippen molar-refractivity contribution in [2.45, 2.75) is 19.4 Å². The predicted molar refractivity (Wildman–Crippen MR) is 88.0 cm³/mol. The van der Waals surface area contributed by atoms with Gasteiger partial charge in [-0.25, -0.2) is 8.42 Å². The lowest BCUT2D eigenvalue weighted by Crippen LogP contribution is -2.37. The summed E-state index contributed by atoms with van der Waals surface area (Å²) in [5.41, 5.74) is 1.45. The third-order valence-corrected chi connectivity index (χ3v) is 5.98. The predicted octanol–water partition coefficient (Wildman–Crippen LogP) is 2.51. The summed E-state index contributed by atoms with van der Waals surface area (Å²) in [4.78, 5) is 14.0. The van der Waals surface area contributed by atoms with Crippen LogP contribution in [0.5, 0.6) is 0 Å². The SMILES string of the molecule is Cc1ccc(-c2ccc(C(=O)N(C)C3CCS(=O)(=O)C3)cc2)o1. The highest BCUT2D eigenvalue weighted by Crippen LogP contribution is 2.23. The maximum Gasteiger partial charge on any atom is 0.253 e. The number of rotatable bonds is 3. The fourth-order valence-electron chi connectivity index (χ4n) is 2.82. The zero-order valence-corrected chi connectivity index (χ0v) is 14.0. The molecule has 2 heterocycles. The van der Waals surface area contributed by atoms with Gasteiger partial charge in [0, 0.05) is 24.2 Å². The lowest BCUT2D eigenvalue weighted by molar-refractivity contribution is 0.0747. The number of benzene rings is 1. The van der Waals surface area contributed by atoms with Gasteiger partial charge < -0.3 is 9.32 Å². The number of furan rings is 1. The van der Waals surface area contributed by atoms with E-state index >= 15 is 0 Å². The first-order valence-corrected chi connectivity index (χ1v) is 9.32. The molecular weight excluding hydrogens is 314 g/mol. The van der Waals surface area contributed by atoms with E-state index in [0.717, 1.165) is 17.1 Å². The molecule has 0 bridgehead atoms. The van der Waals surface area contributed by atoms with E-state index in [0.29, 0.717) is 12.0 Å². The molecule has 1 aliphatic rings. The molecule has 1 atom stereocenters. The number of hydrogen-bond acceptors (Lipinski definition) is 4. The van der Waals surface area contributed by atoms with Crippen LogP contribution in [0.3, 0.4) is 0 Å². The minimum absolute atomic E-state index is 0.0546. The van der Waals surface area contributed by atoms with Crippen LogP contribution in [0.25, 0.3) is 11.3 Å². The highest BCUT2D eigenvalue weighted by atomic mass is 32.2. The molecule has 1 unspecified atom stereocenters. The third-order valence-electron chi connectivity index (χ3n) is 4.23. The van der Waals surface area contributed by atoms with Crippen LogP contribution in [0, 0.1) is 6.92 Å². The van der Waals surface area contributed by atoms with Crippen LogP contribution >= 0.6 is 0 Å². The minimum atomic E-state index is -3.00. The molecule has 23 heavy (non-hydrogen) atoms. The first-order chi connectivity index (χ1) is 10.9. The summed E-state index contributed by atoms with van der Waals surface area (Å²) in [6.45, 7) is 1.88. The van der Waals surface area contributed by atoms with E-state index in [1.807, 2.05) is 31.2 Å². The fourth-order valence-corrected chi connectivity index (χ4v) is 4.59. The Morgan fingerprint density at radius 1 is 1.17 bits per heavy atom. The van der Waals surface area contributed by atoms with Gasteiger partial charge in [-0.1, -0.05) is 12.1 Å². The number of aryl methyl sites for hydroxylation is 1. The number of carbonyl (C=O) groups excluding carboxylic acids is 1. The van der Waals surface area contributed by atoms with E-state index in [1.54, 1.807) is 19.2 Å². The van der Waals surface area contributed by atoms with Crippen LogP contribution < -0.4 is 0 Å². The highest BCUT2D eigenvalue weighted by molar-refractivity contribution is 7.91. The summed E-state index contributed by atoms with van der Waals surface area (Å²) in [5, 5.41) is 0. The molecule has 122 valence electrons. The van der Waals surface area contributed by atoms with Crippen LogP contribution in [-0.2, 0) is 9.84 Å². The normalized spacial score (nSPS) is 19.7. The van der Waals surface area contributed by atoms with Crippen molar-refractivity contribution >= 4 is 15.7 Å². The molecule has 2 aromatic rings. The molecule has 0 N–H and O–H groups in total. The lowest BCUT2D eigenvalue weighted by Gasteiger charge is -2.23. The van der Waals surface area contributed by atoms with Gasteiger partial charge in [-0.2, -0.15) is 0 Å². The topological polar surface area (TPSA) is 67.6 Å². The minimum Gasteiger partial charge on any atom is -0.461 e. The van der Waals surface area contributed by atoms with E-state index in [4.69, 9.17) is 4.42 Å². The zero-order valence-electron chi connectivity index (χ0n) is 13.2. The van der Waals surface area contributed by atoms with E-state index in [2.05, 4.69) is 0 Å². The number of carbonyl (C=O) groups is 1. The summed E-state index contributed by atoms with van der Waals surface area (Å²) in [7, 11) is -1.34. The number of sulfone groups is 1. The molecular formula is C17H19NO4S. The summed E-state index contributed by atoms with van der Waals surface area (Å²) in [5.74, 6) is 1.65. The third kappa shape index (κ3) is 3.32. The number of nitrogens with zero attached hydrogens (tertiary/aromatic N) is 1. The molecule has 1 amide bonds. The van der Waals surface area contributed by atoms with Crippen molar-refractivity contribution in [3.8, 4) is 11.3 Å². The van der Waals surface area contributed by atoms with Gasteiger partial charge >= 0.3 is 0 Å². The van der Waals surface area contributed by atoms with Gasteiger partial charge in [0.05, 0.1) is 11.5 Å². The largest absolute Gasteiger partial charge is 0.461 e. The average Bonchev–Trinajstić information content (AvgIpc) is 3.11. The van der Waals surface area contributed by atoms with Crippen LogP contribution in [0.15, 0.2) is 40.8 Å². The second-order valence-corrected chi connectivity index (χ2v) is 8.19. The van der Waals surface area contributed by atoms with Gasteiger partial charge in [0.1, 0.15) is 11.5 Å². The first kappa shape index (κ1) is 15.8. The second kappa shape index (κ2) is 5.85. The molecule has 0 spiro atoms. The van der Waals surface area contributed by atoms with Gasteiger partial charge in [-0.3, -0.25) is 4.79 Å². The highest BCUT2D eigenvalue weighted by Gasteiger charge is 2.33. The Morgan fingerprint density at radius 3 is 2.39 bits per heavy atom. The molecule has 0 radical (unpaired) electrons. The van der Waals surface area contributed by atoms with Crippen molar-refractivity contribution in [3.63, 3.8) is 0 Å². The lowest BCUT2D eigenvalue weighted by atomic mass is 10.1. The van der Waals surface area contributed by atoms with Crippen LogP contribution in [0.2, 0.25) is 0 Å². The Morgan fingerprint density at radius 2 is 1.87 bits per heavy atom. The molecule has 0 saturated carbocycles. The second-order valence-electron chi connectivity index (χ2n) is 5.96. The molecule has 1 fully saturated rings. The molecule has 1 aliphatic heterocycles. The monoisotopic (exact) mass is 333 g/mol. The number of hydrogen-bond donors (Lipinski definition) is 0. The molecule has 0 aliphatic carbocycles. The molecule has 3 rings (SSSR count). The van der Waals surface area contributed by atoms with Crippen molar-refractivity contribution < 1.29 is 17.6 Å². The van der Waals surface area contributed by atoms with Crippen LogP contribution in [0.4, 0.5) is 0 Å². The van der Waals surface area contributed by atoms with Crippen LogP contribution in [0.1, 0.15) is 22.5 Å². The van der Waals surface area contributed by atoms with Gasteiger partial charge in [0.2, 0.25) is 0 Å².